The summed E-state index contributed by atoms with van der Waals surface area (Å²) in [5, 5.41) is 10.4. The lowest BCUT2D eigenvalue weighted by Crippen LogP contribution is -2.69. The Kier molecular flexibility index (Phi) is 1.27. The molecule has 0 unspecified atom stereocenters. The summed E-state index contributed by atoms with van der Waals surface area (Å²) < 4.78 is 0. The predicted octanol–water partition coefficient (Wildman–Crippen LogP) is 2.51. The maximum Gasteiger partial charge on any atom is 0.0673 e. The Bertz CT molecular complexity index is 335. The standard InChI is InChI=1S/C11H11ClO/c12-9-3-1-8(2-4-9)10-5-11(13,6-10)7-10/h1-4,13H,5-7H2. The second kappa shape index (κ2) is 2.10. The highest BCUT2D eigenvalue weighted by molar-refractivity contribution is 6.30. The smallest absolute Gasteiger partial charge is 0.0673 e. The van der Waals surface area contributed by atoms with Crippen LogP contribution < -0.4 is 0 Å². The maximum absolute atomic E-state index is 9.63. The average Bonchev–Trinajstić information content (AvgIpc) is 1.99. The molecule has 0 atom stereocenters. The van der Waals surface area contributed by atoms with Crippen molar-refractivity contribution >= 4 is 11.6 Å². The van der Waals surface area contributed by atoms with E-state index in [1.807, 2.05) is 12.1 Å². The molecule has 3 fully saturated rings. The Labute approximate surface area is 82.3 Å². The topological polar surface area (TPSA) is 20.2 Å². The summed E-state index contributed by atoms with van der Waals surface area (Å²) in [6.45, 7) is 0. The van der Waals surface area contributed by atoms with E-state index in [0.717, 1.165) is 24.3 Å². The first-order valence-corrected chi connectivity index (χ1v) is 4.98. The van der Waals surface area contributed by atoms with Crippen molar-refractivity contribution < 1.29 is 5.11 Å². The van der Waals surface area contributed by atoms with Crippen LogP contribution in [0.4, 0.5) is 0 Å². The van der Waals surface area contributed by atoms with E-state index in [1.54, 1.807) is 0 Å². The minimum Gasteiger partial charge on any atom is -0.390 e. The van der Waals surface area contributed by atoms with Crippen LogP contribution in [0.25, 0.3) is 0 Å². The van der Waals surface area contributed by atoms with E-state index < -0.39 is 0 Å². The summed E-state index contributed by atoms with van der Waals surface area (Å²) in [6, 6.07) is 8.03. The molecule has 4 rings (SSSR count). The van der Waals surface area contributed by atoms with E-state index in [9.17, 15) is 5.11 Å². The summed E-state index contributed by atoms with van der Waals surface area (Å²) in [5.41, 5.74) is 1.34. The highest BCUT2D eigenvalue weighted by atomic mass is 35.5. The van der Waals surface area contributed by atoms with Gasteiger partial charge < -0.3 is 5.11 Å². The quantitative estimate of drug-likeness (QED) is 0.729. The molecule has 1 aromatic carbocycles. The molecule has 0 aromatic heterocycles. The molecule has 13 heavy (non-hydrogen) atoms. The fourth-order valence-corrected chi connectivity index (χ4v) is 2.97. The molecule has 1 N–H and O–H groups in total. The Morgan fingerprint density at radius 3 is 2.08 bits per heavy atom. The fourth-order valence-electron chi connectivity index (χ4n) is 2.84. The number of hydrogen-bond donors (Lipinski definition) is 1. The summed E-state index contributed by atoms with van der Waals surface area (Å²) in [4.78, 5) is 0. The largest absolute Gasteiger partial charge is 0.390 e. The van der Waals surface area contributed by atoms with Crippen LogP contribution in [-0.4, -0.2) is 10.7 Å². The van der Waals surface area contributed by atoms with Crippen LogP contribution in [0.15, 0.2) is 24.3 Å². The molecule has 3 aliphatic rings. The minimum atomic E-state index is -0.306. The molecule has 0 spiro atoms. The second-order valence-electron chi connectivity index (χ2n) is 4.54. The van der Waals surface area contributed by atoms with Crippen LogP contribution in [0, 0.1) is 0 Å². The van der Waals surface area contributed by atoms with Crippen LogP contribution in [-0.2, 0) is 5.41 Å². The third kappa shape index (κ3) is 0.918. The van der Waals surface area contributed by atoms with Crippen molar-refractivity contribution in [1.82, 2.24) is 0 Å². The minimum absolute atomic E-state index is 0.305. The van der Waals surface area contributed by atoms with Crippen molar-refractivity contribution in [2.75, 3.05) is 0 Å². The molecule has 0 aliphatic heterocycles. The predicted molar refractivity (Wildman–Crippen MR) is 51.9 cm³/mol. The lowest BCUT2D eigenvalue weighted by molar-refractivity contribution is -0.213. The van der Waals surface area contributed by atoms with Crippen LogP contribution in [0.1, 0.15) is 24.8 Å². The normalized spacial score (nSPS) is 40.8. The summed E-state index contributed by atoms with van der Waals surface area (Å²) in [5.74, 6) is 0. The van der Waals surface area contributed by atoms with Crippen molar-refractivity contribution in [3.8, 4) is 0 Å². The van der Waals surface area contributed by atoms with Gasteiger partial charge in [-0.15, -0.1) is 0 Å². The summed E-state index contributed by atoms with van der Waals surface area (Å²) in [6.07, 6.45) is 2.84. The van der Waals surface area contributed by atoms with Gasteiger partial charge in [0.15, 0.2) is 0 Å². The second-order valence-corrected chi connectivity index (χ2v) is 4.98. The SMILES string of the molecule is OC12CC(c3ccc(Cl)cc3)(C1)C2. The molecule has 2 heteroatoms. The van der Waals surface area contributed by atoms with Crippen molar-refractivity contribution in [3.05, 3.63) is 34.9 Å². The van der Waals surface area contributed by atoms with E-state index in [-0.39, 0.29) is 5.60 Å². The van der Waals surface area contributed by atoms with Gasteiger partial charge in [0, 0.05) is 10.4 Å². The molecular weight excluding hydrogens is 184 g/mol. The molecule has 2 bridgehead atoms. The van der Waals surface area contributed by atoms with Crippen LogP contribution >= 0.6 is 11.6 Å². The van der Waals surface area contributed by atoms with Crippen LogP contribution in [0.2, 0.25) is 5.02 Å². The Hall–Kier alpha value is -0.530. The third-order valence-corrected chi connectivity index (χ3v) is 3.71. The number of hydrogen-bond acceptors (Lipinski definition) is 1. The highest BCUT2D eigenvalue weighted by Crippen LogP contribution is 2.67. The number of aliphatic hydroxyl groups is 1. The van der Waals surface area contributed by atoms with Gasteiger partial charge in [-0.2, -0.15) is 0 Å². The van der Waals surface area contributed by atoms with Gasteiger partial charge in [-0.25, -0.2) is 0 Å². The molecule has 0 radical (unpaired) electrons. The zero-order valence-electron chi connectivity index (χ0n) is 7.26. The van der Waals surface area contributed by atoms with Gasteiger partial charge in [0.25, 0.3) is 0 Å². The summed E-state index contributed by atoms with van der Waals surface area (Å²) >= 11 is 5.81. The number of halogens is 1. The van der Waals surface area contributed by atoms with Crippen molar-refractivity contribution in [2.45, 2.75) is 30.3 Å². The van der Waals surface area contributed by atoms with Gasteiger partial charge in [-0.1, -0.05) is 23.7 Å². The summed E-state index contributed by atoms with van der Waals surface area (Å²) in [7, 11) is 0. The Morgan fingerprint density at radius 2 is 1.62 bits per heavy atom. The number of benzene rings is 1. The van der Waals surface area contributed by atoms with Crippen LogP contribution in [0.5, 0.6) is 0 Å². The first kappa shape index (κ1) is 7.84. The van der Waals surface area contributed by atoms with E-state index in [0.29, 0.717) is 5.41 Å². The van der Waals surface area contributed by atoms with Gasteiger partial charge >= 0.3 is 0 Å². The number of rotatable bonds is 1. The van der Waals surface area contributed by atoms with E-state index >= 15 is 0 Å². The third-order valence-electron chi connectivity index (χ3n) is 3.46. The zero-order chi connectivity index (χ0) is 9.10. The lowest BCUT2D eigenvalue weighted by atomic mass is 9.39. The van der Waals surface area contributed by atoms with Gasteiger partial charge in [0.2, 0.25) is 0 Å². The zero-order valence-corrected chi connectivity index (χ0v) is 8.01. The van der Waals surface area contributed by atoms with E-state index in [2.05, 4.69) is 12.1 Å². The van der Waals surface area contributed by atoms with Gasteiger partial charge in [0.1, 0.15) is 0 Å². The molecule has 1 aromatic rings. The van der Waals surface area contributed by atoms with E-state index in [4.69, 9.17) is 11.6 Å². The Morgan fingerprint density at radius 1 is 1.08 bits per heavy atom. The van der Waals surface area contributed by atoms with Crippen molar-refractivity contribution in [2.24, 2.45) is 0 Å². The molecule has 0 amide bonds. The van der Waals surface area contributed by atoms with Crippen molar-refractivity contribution in [1.29, 1.82) is 0 Å². The first-order valence-electron chi connectivity index (χ1n) is 4.61. The Balaban J connectivity index is 1.91. The maximum atomic E-state index is 9.63. The van der Waals surface area contributed by atoms with Gasteiger partial charge in [-0.3, -0.25) is 0 Å². The molecule has 3 aliphatic carbocycles. The molecule has 0 saturated heterocycles. The van der Waals surface area contributed by atoms with E-state index in [1.165, 1.54) is 5.56 Å². The van der Waals surface area contributed by atoms with Gasteiger partial charge in [0.05, 0.1) is 5.60 Å². The molecule has 1 nitrogen and oxygen atoms in total. The molecule has 68 valence electrons. The van der Waals surface area contributed by atoms with Crippen molar-refractivity contribution in [3.63, 3.8) is 0 Å². The average molecular weight is 195 g/mol. The molecule has 3 saturated carbocycles. The first-order chi connectivity index (χ1) is 6.12. The monoisotopic (exact) mass is 194 g/mol. The highest BCUT2D eigenvalue weighted by Gasteiger charge is 2.67. The van der Waals surface area contributed by atoms with Gasteiger partial charge in [-0.05, 0) is 37.0 Å². The van der Waals surface area contributed by atoms with Crippen LogP contribution in [0.3, 0.4) is 0 Å². The fraction of sp³-hybridized carbons (Fsp3) is 0.455. The molecule has 0 heterocycles. The lowest BCUT2D eigenvalue weighted by Gasteiger charge is -2.68. The molecular formula is C11H11ClO.